The highest BCUT2D eigenvalue weighted by atomic mass is 16.5. The fraction of sp³-hybridized carbons (Fsp3) is 0.364. The van der Waals surface area contributed by atoms with Gasteiger partial charge in [0.1, 0.15) is 11.6 Å². The number of aryl methyl sites for hydroxylation is 2. The van der Waals surface area contributed by atoms with Crippen molar-refractivity contribution >= 4 is 22.8 Å². The number of imidazole rings is 1. The van der Waals surface area contributed by atoms with Crippen LogP contribution in [0.1, 0.15) is 11.4 Å². The number of urea groups is 1. The predicted octanol–water partition coefficient (Wildman–Crippen LogP) is 2.92. The number of methoxy groups -OCH3 is 1. The molecule has 2 amide bonds. The summed E-state index contributed by atoms with van der Waals surface area (Å²) in [5, 5.41) is 3.02. The van der Waals surface area contributed by atoms with Crippen molar-refractivity contribution in [3.8, 4) is 5.75 Å². The summed E-state index contributed by atoms with van der Waals surface area (Å²) < 4.78 is 7.35. The number of piperazine rings is 1. The molecule has 1 fully saturated rings. The van der Waals surface area contributed by atoms with Gasteiger partial charge < -0.3 is 24.4 Å². The van der Waals surface area contributed by atoms with Crippen LogP contribution in [0.4, 0.5) is 10.5 Å². The summed E-state index contributed by atoms with van der Waals surface area (Å²) in [5.74, 6) is 1.70. The molecule has 0 aliphatic carbocycles. The molecule has 2 aromatic carbocycles. The summed E-state index contributed by atoms with van der Waals surface area (Å²) >= 11 is 0. The molecule has 0 saturated carbocycles. The maximum atomic E-state index is 12.6. The Hall–Kier alpha value is -3.22. The molecule has 0 atom stereocenters. The fourth-order valence-electron chi connectivity index (χ4n) is 3.76. The van der Waals surface area contributed by atoms with Gasteiger partial charge in [0.25, 0.3) is 0 Å². The number of fused-ring (bicyclic) bond motifs is 1. The highest BCUT2D eigenvalue weighted by Crippen LogP contribution is 2.22. The van der Waals surface area contributed by atoms with Gasteiger partial charge in [-0.15, -0.1) is 0 Å². The Morgan fingerprint density at radius 3 is 2.69 bits per heavy atom. The molecule has 0 spiro atoms. The molecule has 29 heavy (non-hydrogen) atoms. The molecule has 1 N–H and O–H groups in total. The van der Waals surface area contributed by atoms with E-state index in [0.717, 1.165) is 41.4 Å². The Morgan fingerprint density at radius 2 is 1.93 bits per heavy atom. The van der Waals surface area contributed by atoms with Gasteiger partial charge >= 0.3 is 6.03 Å². The number of hydrogen-bond acceptors (Lipinski definition) is 4. The second kappa shape index (κ2) is 8.03. The van der Waals surface area contributed by atoms with Crippen molar-refractivity contribution in [1.29, 1.82) is 0 Å². The van der Waals surface area contributed by atoms with E-state index in [4.69, 9.17) is 4.74 Å². The Balaban J connectivity index is 1.34. The largest absolute Gasteiger partial charge is 0.497 e. The van der Waals surface area contributed by atoms with Crippen LogP contribution >= 0.6 is 0 Å². The number of hydrogen-bond donors (Lipinski definition) is 1. The lowest BCUT2D eigenvalue weighted by Crippen LogP contribution is -2.51. The maximum absolute atomic E-state index is 12.6. The van der Waals surface area contributed by atoms with Gasteiger partial charge in [-0.1, -0.05) is 12.1 Å². The van der Waals surface area contributed by atoms with Crippen LogP contribution in [0.25, 0.3) is 11.0 Å². The molecule has 3 aromatic rings. The number of amides is 2. The highest BCUT2D eigenvalue weighted by Gasteiger charge is 2.22. The molecule has 4 rings (SSSR count). The lowest BCUT2D eigenvalue weighted by Gasteiger charge is -2.36. The van der Waals surface area contributed by atoms with Gasteiger partial charge in [-0.2, -0.15) is 0 Å². The molecule has 0 radical (unpaired) electrons. The summed E-state index contributed by atoms with van der Waals surface area (Å²) in [6.07, 6.45) is 0. The van der Waals surface area contributed by atoms with Gasteiger partial charge in [-0.3, -0.25) is 0 Å². The summed E-state index contributed by atoms with van der Waals surface area (Å²) in [6.45, 7) is 5.44. The Kier molecular flexibility index (Phi) is 5.29. The standard InChI is InChI=1S/C22H27N5O2/c1-16-7-8-20-19(13-16)24-21(25(20)2)15-23-22(28)27-11-9-26(10-12-27)17-5-4-6-18(14-17)29-3/h4-8,13-14H,9-12,15H2,1-3H3,(H,23,28). The Morgan fingerprint density at radius 1 is 1.14 bits per heavy atom. The van der Waals surface area contributed by atoms with Crippen molar-refractivity contribution < 1.29 is 9.53 Å². The normalized spacial score (nSPS) is 14.3. The lowest BCUT2D eigenvalue weighted by molar-refractivity contribution is 0.193. The van der Waals surface area contributed by atoms with E-state index in [0.29, 0.717) is 19.6 Å². The van der Waals surface area contributed by atoms with E-state index in [9.17, 15) is 4.79 Å². The van der Waals surface area contributed by atoms with Crippen molar-refractivity contribution in [3.63, 3.8) is 0 Å². The van der Waals surface area contributed by atoms with E-state index in [1.54, 1.807) is 7.11 Å². The molecule has 0 unspecified atom stereocenters. The third kappa shape index (κ3) is 3.99. The molecule has 1 aliphatic rings. The molecular weight excluding hydrogens is 366 g/mol. The minimum Gasteiger partial charge on any atom is -0.497 e. The van der Waals surface area contributed by atoms with E-state index >= 15 is 0 Å². The third-order valence-electron chi connectivity index (χ3n) is 5.51. The SMILES string of the molecule is COc1cccc(N2CCN(C(=O)NCc3nc4cc(C)ccc4n3C)CC2)c1. The number of anilines is 1. The van der Waals surface area contributed by atoms with E-state index in [2.05, 4.69) is 46.4 Å². The minimum absolute atomic E-state index is 0.0430. The Bertz CT molecular complexity index is 1020. The molecule has 152 valence electrons. The lowest BCUT2D eigenvalue weighted by atomic mass is 10.2. The molecular formula is C22H27N5O2. The molecule has 7 heteroatoms. The molecule has 7 nitrogen and oxygen atoms in total. The first-order chi connectivity index (χ1) is 14.0. The monoisotopic (exact) mass is 393 g/mol. The molecule has 1 aromatic heterocycles. The van der Waals surface area contributed by atoms with Crippen LogP contribution in [0.5, 0.6) is 5.75 Å². The molecule has 0 bridgehead atoms. The smallest absolute Gasteiger partial charge is 0.317 e. The average molecular weight is 393 g/mol. The van der Waals surface area contributed by atoms with Crippen LogP contribution in [0.2, 0.25) is 0 Å². The minimum atomic E-state index is -0.0430. The van der Waals surface area contributed by atoms with E-state index in [1.807, 2.05) is 34.7 Å². The highest BCUT2D eigenvalue weighted by molar-refractivity contribution is 5.77. The quantitative estimate of drug-likeness (QED) is 0.740. The van der Waals surface area contributed by atoms with Crippen LogP contribution in [-0.2, 0) is 13.6 Å². The zero-order valence-electron chi connectivity index (χ0n) is 17.2. The van der Waals surface area contributed by atoms with Crippen molar-refractivity contribution in [2.45, 2.75) is 13.5 Å². The van der Waals surface area contributed by atoms with E-state index in [1.165, 1.54) is 5.56 Å². The third-order valence-corrected chi connectivity index (χ3v) is 5.51. The first-order valence-corrected chi connectivity index (χ1v) is 9.89. The predicted molar refractivity (Wildman–Crippen MR) is 114 cm³/mol. The van der Waals surface area contributed by atoms with Crippen LogP contribution in [0, 0.1) is 6.92 Å². The second-order valence-electron chi connectivity index (χ2n) is 7.41. The Labute approximate surface area is 170 Å². The number of nitrogens with zero attached hydrogens (tertiary/aromatic N) is 4. The zero-order chi connectivity index (χ0) is 20.4. The molecule has 2 heterocycles. The van der Waals surface area contributed by atoms with Gasteiger partial charge in [-0.25, -0.2) is 9.78 Å². The van der Waals surface area contributed by atoms with E-state index < -0.39 is 0 Å². The number of nitrogens with one attached hydrogen (secondary N) is 1. The number of carbonyl (C=O) groups is 1. The van der Waals surface area contributed by atoms with Gasteiger partial charge in [-0.05, 0) is 36.8 Å². The first-order valence-electron chi connectivity index (χ1n) is 9.89. The van der Waals surface area contributed by atoms with Crippen molar-refractivity contribution in [3.05, 3.63) is 53.9 Å². The van der Waals surface area contributed by atoms with Crippen LogP contribution in [0.3, 0.4) is 0 Å². The number of ether oxygens (including phenoxy) is 1. The molecule has 1 saturated heterocycles. The summed E-state index contributed by atoms with van der Waals surface area (Å²) in [6, 6.07) is 14.2. The van der Waals surface area contributed by atoms with Crippen molar-refractivity contribution in [2.75, 3.05) is 38.2 Å². The van der Waals surface area contributed by atoms with Crippen LogP contribution in [-0.4, -0.2) is 53.8 Å². The van der Waals surface area contributed by atoms with Crippen molar-refractivity contribution in [1.82, 2.24) is 19.8 Å². The molecule has 1 aliphatic heterocycles. The average Bonchev–Trinajstić information content (AvgIpc) is 3.06. The summed E-state index contributed by atoms with van der Waals surface area (Å²) in [7, 11) is 3.66. The maximum Gasteiger partial charge on any atom is 0.317 e. The zero-order valence-corrected chi connectivity index (χ0v) is 17.2. The number of aromatic nitrogens is 2. The summed E-state index contributed by atoms with van der Waals surface area (Å²) in [4.78, 5) is 21.4. The number of benzene rings is 2. The topological polar surface area (TPSA) is 62.6 Å². The second-order valence-corrected chi connectivity index (χ2v) is 7.41. The van der Waals surface area contributed by atoms with Gasteiger partial charge in [0, 0.05) is 45.0 Å². The fourth-order valence-corrected chi connectivity index (χ4v) is 3.76. The summed E-state index contributed by atoms with van der Waals surface area (Å²) in [5.41, 5.74) is 4.34. The number of rotatable bonds is 4. The van der Waals surface area contributed by atoms with Crippen LogP contribution in [0.15, 0.2) is 42.5 Å². The van der Waals surface area contributed by atoms with E-state index in [-0.39, 0.29) is 6.03 Å². The van der Waals surface area contributed by atoms with Crippen molar-refractivity contribution in [2.24, 2.45) is 7.05 Å². The first kappa shape index (κ1) is 19.1. The van der Waals surface area contributed by atoms with Gasteiger partial charge in [0.2, 0.25) is 0 Å². The van der Waals surface area contributed by atoms with Gasteiger partial charge in [0.15, 0.2) is 0 Å². The van der Waals surface area contributed by atoms with Crippen LogP contribution < -0.4 is 15.0 Å². The number of carbonyl (C=O) groups excluding carboxylic acids is 1. The van der Waals surface area contributed by atoms with Gasteiger partial charge in [0.05, 0.1) is 24.7 Å².